The second kappa shape index (κ2) is 6.53. The van der Waals surface area contributed by atoms with E-state index < -0.39 is 0 Å². The molecule has 1 saturated carbocycles. The molecule has 5 nitrogen and oxygen atoms in total. The molecule has 6 heteroatoms. The van der Waals surface area contributed by atoms with Crippen molar-refractivity contribution in [3.63, 3.8) is 0 Å². The second-order valence-corrected chi connectivity index (χ2v) is 7.23. The van der Waals surface area contributed by atoms with Gasteiger partial charge in [-0.2, -0.15) is 9.36 Å². The van der Waals surface area contributed by atoms with Crippen molar-refractivity contribution in [2.75, 3.05) is 6.54 Å². The maximum Gasteiger partial charge on any atom is 0.225 e. The van der Waals surface area contributed by atoms with E-state index >= 15 is 0 Å². The van der Waals surface area contributed by atoms with Crippen molar-refractivity contribution in [1.29, 1.82) is 0 Å². The Balaban J connectivity index is 1.55. The lowest BCUT2D eigenvalue weighted by molar-refractivity contribution is -0.958. The fourth-order valence-electron chi connectivity index (χ4n) is 4.36. The molecule has 2 fully saturated rings. The van der Waals surface area contributed by atoms with Crippen LogP contribution < -0.4 is 4.90 Å². The van der Waals surface area contributed by atoms with Crippen molar-refractivity contribution in [3.05, 3.63) is 35.1 Å². The van der Waals surface area contributed by atoms with E-state index in [0.717, 1.165) is 24.3 Å². The zero-order chi connectivity index (χ0) is 15.6. The average molecular weight is 330 g/mol. The van der Waals surface area contributed by atoms with Gasteiger partial charge in [-0.1, -0.05) is 24.6 Å². The van der Waals surface area contributed by atoms with Crippen LogP contribution in [-0.4, -0.2) is 32.4 Å². The molecule has 1 N–H and O–H groups in total. The number of hydrogen-bond acceptors (Lipinski definition) is 3. The summed E-state index contributed by atoms with van der Waals surface area (Å²) in [6.07, 6.45) is 8.31. The summed E-state index contributed by atoms with van der Waals surface area (Å²) in [5, 5.41) is 8.60. The smallest absolute Gasteiger partial charge is 0.225 e. The van der Waals surface area contributed by atoms with Crippen LogP contribution in [0, 0.1) is 10.7 Å². The average Bonchev–Trinajstić information content (AvgIpc) is 2.97. The van der Waals surface area contributed by atoms with E-state index in [-0.39, 0.29) is 0 Å². The number of benzene rings is 1. The Morgan fingerprint density at radius 3 is 2.70 bits per heavy atom. The maximum atomic E-state index is 5.61. The van der Waals surface area contributed by atoms with Crippen LogP contribution in [0.15, 0.2) is 30.3 Å². The highest BCUT2D eigenvalue weighted by atomic mass is 32.1. The number of quaternary nitrogens is 1. The molecule has 2 aliphatic rings. The maximum absolute atomic E-state index is 5.61. The molecular formula is C17H24N5S+. The van der Waals surface area contributed by atoms with Gasteiger partial charge in [-0.05, 0) is 66.9 Å². The first-order valence-corrected chi connectivity index (χ1v) is 9.16. The molecule has 2 aromatic rings. The van der Waals surface area contributed by atoms with Crippen LogP contribution in [0.25, 0.3) is 5.69 Å². The van der Waals surface area contributed by atoms with Crippen molar-refractivity contribution in [1.82, 2.24) is 19.8 Å². The molecule has 1 saturated heterocycles. The van der Waals surface area contributed by atoms with E-state index in [4.69, 9.17) is 12.2 Å². The third-order valence-corrected chi connectivity index (χ3v) is 5.88. The number of piperidine rings is 1. The number of aromatic nitrogens is 4. The highest BCUT2D eigenvalue weighted by Crippen LogP contribution is 2.28. The third kappa shape index (κ3) is 2.97. The number of tetrazole rings is 1. The first-order valence-electron chi connectivity index (χ1n) is 8.76. The largest absolute Gasteiger partial charge is 0.314 e. The predicted molar refractivity (Wildman–Crippen MR) is 91.0 cm³/mol. The standard InChI is InChI=1S/C17H23N5S/c23-17-21(18-19-22(17)15-9-2-1-3-10-15)13-20-12-6-8-14-7-4-5-11-16(14)20/h1-3,9-10,14,16H,4-8,11-13H2/p+1/t14-,16+/m1/s1. The minimum absolute atomic E-state index is 0.696. The van der Waals surface area contributed by atoms with E-state index in [2.05, 4.69) is 10.4 Å². The molecule has 3 atom stereocenters. The fraction of sp³-hybridized carbons (Fsp3) is 0.588. The van der Waals surface area contributed by atoms with Crippen LogP contribution in [0.4, 0.5) is 0 Å². The molecule has 1 unspecified atom stereocenters. The van der Waals surface area contributed by atoms with Crippen LogP contribution in [0.2, 0.25) is 0 Å². The molecule has 23 heavy (non-hydrogen) atoms. The number of hydrogen-bond donors (Lipinski definition) is 1. The highest BCUT2D eigenvalue weighted by Gasteiger charge is 2.36. The Morgan fingerprint density at radius 2 is 1.83 bits per heavy atom. The molecule has 1 aliphatic heterocycles. The first-order chi connectivity index (χ1) is 11.3. The molecule has 1 aromatic carbocycles. The van der Waals surface area contributed by atoms with Crippen LogP contribution >= 0.6 is 12.2 Å². The number of likely N-dealkylation sites (tertiary alicyclic amines) is 1. The van der Waals surface area contributed by atoms with Gasteiger partial charge in [0.25, 0.3) is 0 Å². The number of rotatable bonds is 3. The van der Waals surface area contributed by atoms with Gasteiger partial charge < -0.3 is 4.90 Å². The van der Waals surface area contributed by atoms with Gasteiger partial charge in [-0.3, -0.25) is 0 Å². The van der Waals surface area contributed by atoms with E-state index in [9.17, 15) is 0 Å². The molecule has 4 rings (SSSR count). The van der Waals surface area contributed by atoms with E-state index in [0.29, 0.717) is 4.77 Å². The van der Waals surface area contributed by atoms with E-state index in [1.54, 1.807) is 9.58 Å². The van der Waals surface area contributed by atoms with Crippen molar-refractivity contribution in [3.8, 4) is 5.69 Å². The number of para-hydroxylation sites is 1. The van der Waals surface area contributed by atoms with Gasteiger partial charge in [0.15, 0.2) is 6.67 Å². The Kier molecular flexibility index (Phi) is 4.27. The molecule has 0 amide bonds. The van der Waals surface area contributed by atoms with Crippen molar-refractivity contribution >= 4 is 12.2 Å². The Hall–Kier alpha value is -1.53. The predicted octanol–water partition coefficient (Wildman–Crippen LogP) is 1.99. The zero-order valence-electron chi connectivity index (χ0n) is 13.4. The van der Waals surface area contributed by atoms with E-state index in [1.165, 1.54) is 45.1 Å². The highest BCUT2D eigenvalue weighted by molar-refractivity contribution is 7.71. The molecule has 1 aliphatic carbocycles. The van der Waals surface area contributed by atoms with Crippen LogP contribution in [0.3, 0.4) is 0 Å². The first kappa shape index (κ1) is 15.0. The summed E-state index contributed by atoms with van der Waals surface area (Å²) < 4.78 is 4.37. The molecule has 122 valence electrons. The van der Waals surface area contributed by atoms with Gasteiger partial charge in [0.1, 0.15) is 0 Å². The Labute approximate surface area is 141 Å². The summed E-state index contributed by atoms with van der Waals surface area (Å²) in [6.45, 7) is 2.09. The zero-order valence-corrected chi connectivity index (χ0v) is 14.2. The molecule has 1 aromatic heterocycles. The van der Waals surface area contributed by atoms with Crippen LogP contribution in [0.5, 0.6) is 0 Å². The van der Waals surface area contributed by atoms with Gasteiger partial charge in [0, 0.05) is 5.92 Å². The topological polar surface area (TPSA) is 40.1 Å². The minimum Gasteiger partial charge on any atom is -0.314 e. The van der Waals surface area contributed by atoms with Gasteiger partial charge in [-0.15, -0.1) is 0 Å². The summed E-state index contributed by atoms with van der Waals surface area (Å²) in [4.78, 5) is 1.65. The summed E-state index contributed by atoms with van der Waals surface area (Å²) in [7, 11) is 0. The number of nitrogens with zero attached hydrogens (tertiary/aromatic N) is 4. The molecular weight excluding hydrogens is 306 g/mol. The van der Waals surface area contributed by atoms with Crippen molar-refractivity contribution in [2.24, 2.45) is 5.92 Å². The normalized spacial score (nSPS) is 27.6. The second-order valence-electron chi connectivity index (χ2n) is 6.87. The molecule has 0 bridgehead atoms. The minimum atomic E-state index is 0.696. The van der Waals surface area contributed by atoms with Gasteiger partial charge in [0.2, 0.25) is 4.77 Å². The monoisotopic (exact) mass is 330 g/mol. The van der Waals surface area contributed by atoms with Crippen LogP contribution in [0.1, 0.15) is 38.5 Å². The number of fused-ring (bicyclic) bond motifs is 1. The van der Waals surface area contributed by atoms with Gasteiger partial charge in [0.05, 0.1) is 18.3 Å². The third-order valence-electron chi connectivity index (χ3n) is 5.50. The quantitative estimate of drug-likeness (QED) is 0.875. The lowest BCUT2D eigenvalue weighted by Gasteiger charge is -2.40. The Bertz CT molecular complexity index is 705. The molecule has 0 spiro atoms. The van der Waals surface area contributed by atoms with Gasteiger partial charge >= 0.3 is 0 Å². The summed E-state index contributed by atoms with van der Waals surface area (Å²) >= 11 is 5.61. The Morgan fingerprint density at radius 1 is 1.04 bits per heavy atom. The molecule has 0 radical (unpaired) electrons. The van der Waals surface area contributed by atoms with Gasteiger partial charge in [-0.25, -0.2) is 0 Å². The lowest BCUT2D eigenvalue weighted by atomic mass is 9.78. The fourth-order valence-corrected chi connectivity index (χ4v) is 4.60. The van der Waals surface area contributed by atoms with Crippen molar-refractivity contribution in [2.45, 2.75) is 51.2 Å². The summed E-state index contributed by atoms with van der Waals surface area (Å²) in [5.74, 6) is 0.908. The van der Waals surface area contributed by atoms with Crippen molar-refractivity contribution < 1.29 is 4.90 Å². The van der Waals surface area contributed by atoms with E-state index in [1.807, 2.05) is 35.0 Å². The SMILES string of the molecule is S=c1n(C[NH+]2CCC[C@H]3CCCC[C@@H]32)nnn1-c1ccccc1. The lowest BCUT2D eigenvalue weighted by Crippen LogP contribution is -3.17. The van der Waals surface area contributed by atoms with Crippen LogP contribution in [-0.2, 0) is 6.67 Å². The summed E-state index contributed by atoms with van der Waals surface area (Å²) in [5.41, 5.74) is 0.980. The molecule has 2 heterocycles. The number of nitrogens with one attached hydrogen (secondary N) is 1. The summed E-state index contributed by atoms with van der Waals surface area (Å²) in [6, 6.07) is 10.8.